The lowest BCUT2D eigenvalue weighted by atomic mass is 10.0. The van der Waals surface area contributed by atoms with E-state index in [9.17, 15) is 14.7 Å². The third-order valence-corrected chi connectivity index (χ3v) is 4.57. The van der Waals surface area contributed by atoms with E-state index in [0.717, 1.165) is 5.39 Å². The zero-order valence-corrected chi connectivity index (χ0v) is 13.6. The van der Waals surface area contributed by atoms with Gasteiger partial charge in [0.2, 0.25) is 0 Å². The summed E-state index contributed by atoms with van der Waals surface area (Å²) in [6.45, 7) is 0.703. The first kappa shape index (κ1) is 15.5. The van der Waals surface area contributed by atoms with Gasteiger partial charge in [-0.15, -0.1) is 0 Å². The van der Waals surface area contributed by atoms with Gasteiger partial charge in [-0.3, -0.25) is 14.6 Å². The smallest absolute Gasteiger partial charge is 0.407 e. The van der Waals surface area contributed by atoms with E-state index in [0.29, 0.717) is 40.6 Å². The van der Waals surface area contributed by atoms with Gasteiger partial charge in [-0.25, -0.2) is 4.79 Å². The Kier molecular flexibility index (Phi) is 3.39. The molecule has 2 aromatic heterocycles. The van der Waals surface area contributed by atoms with Crippen LogP contribution in [-0.4, -0.2) is 48.5 Å². The normalized spacial score (nSPS) is 13.9. The standard InChI is InChI=1S/C15H13ClN6O3/c16-9-4-7(3-8-5-18-19-12(8)9)13-11(14(17)23)10-6-21(15(24)25)1-2-22(10)20-13/h3-5H,1-2,6H2,(H2,17,23)(H,18,19)(H,24,25). The summed E-state index contributed by atoms with van der Waals surface area (Å²) in [7, 11) is 0. The average Bonchev–Trinajstić information content (AvgIpc) is 3.18. The number of H-pyrrole nitrogens is 1. The molecule has 2 amide bonds. The van der Waals surface area contributed by atoms with Crippen molar-refractivity contribution in [3.8, 4) is 11.3 Å². The Balaban J connectivity index is 1.90. The van der Waals surface area contributed by atoms with Crippen molar-refractivity contribution < 1.29 is 14.7 Å². The number of amides is 2. The third-order valence-electron chi connectivity index (χ3n) is 4.27. The lowest BCUT2D eigenvalue weighted by Crippen LogP contribution is -2.38. The van der Waals surface area contributed by atoms with Crippen LogP contribution in [0.15, 0.2) is 18.3 Å². The van der Waals surface area contributed by atoms with Crippen LogP contribution in [0.3, 0.4) is 0 Å². The topological polar surface area (TPSA) is 130 Å². The van der Waals surface area contributed by atoms with Crippen LogP contribution in [-0.2, 0) is 13.1 Å². The number of carboxylic acid groups (broad SMARTS) is 1. The van der Waals surface area contributed by atoms with Gasteiger partial charge in [0.25, 0.3) is 5.91 Å². The number of carbonyl (C=O) groups excluding carboxylic acids is 1. The van der Waals surface area contributed by atoms with Gasteiger partial charge in [0.1, 0.15) is 5.69 Å². The van der Waals surface area contributed by atoms with E-state index in [4.69, 9.17) is 17.3 Å². The Labute approximate surface area is 146 Å². The van der Waals surface area contributed by atoms with Gasteiger partial charge in [-0.05, 0) is 12.1 Å². The minimum atomic E-state index is -1.05. The SMILES string of the molecule is NC(=O)c1c(-c2cc(Cl)c3[nH]ncc3c2)nn2c1CN(C(=O)O)CC2. The Morgan fingerprint density at radius 2 is 2.12 bits per heavy atom. The largest absolute Gasteiger partial charge is 0.465 e. The molecule has 10 heteroatoms. The van der Waals surface area contributed by atoms with Crippen molar-refractivity contribution in [2.45, 2.75) is 13.1 Å². The van der Waals surface area contributed by atoms with Crippen LogP contribution < -0.4 is 5.73 Å². The van der Waals surface area contributed by atoms with Crippen LogP contribution in [0.5, 0.6) is 0 Å². The molecule has 0 atom stereocenters. The molecule has 0 spiro atoms. The minimum absolute atomic E-state index is 0.0578. The van der Waals surface area contributed by atoms with Crippen molar-refractivity contribution in [1.82, 2.24) is 24.9 Å². The molecule has 0 saturated carbocycles. The molecular weight excluding hydrogens is 348 g/mol. The molecule has 4 rings (SSSR count). The number of nitrogens with one attached hydrogen (secondary N) is 1. The summed E-state index contributed by atoms with van der Waals surface area (Å²) < 4.78 is 1.63. The van der Waals surface area contributed by atoms with E-state index in [1.165, 1.54) is 4.90 Å². The number of benzene rings is 1. The molecule has 9 nitrogen and oxygen atoms in total. The molecule has 0 fully saturated rings. The second-order valence-corrected chi connectivity index (χ2v) is 6.16. The molecule has 25 heavy (non-hydrogen) atoms. The molecule has 0 radical (unpaired) electrons. The molecule has 4 N–H and O–H groups in total. The molecule has 1 aliphatic rings. The lowest BCUT2D eigenvalue weighted by molar-refractivity contribution is 0.0993. The Morgan fingerprint density at radius 1 is 1.32 bits per heavy atom. The van der Waals surface area contributed by atoms with Crippen LogP contribution >= 0.6 is 11.6 Å². The predicted molar refractivity (Wildman–Crippen MR) is 89.3 cm³/mol. The highest BCUT2D eigenvalue weighted by atomic mass is 35.5. The fraction of sp³-hybridized carbons (Fsp3) is 0.200. The van der Waals surface area contributed by atoms with E-state index in [1.54, 1.807) is 23.0 Å². The second kappa shape index (κ2) is 5.49. The average molecular weight is 361 g/mol. The first-order valence-electron chi connectivity index (χ1n) is 7.46. The van der Waals surface area contributed by atoms with Gasteiger partial charge in [0, 0.05) is 17.5 Å². The number of nitrogens with two attached hydrogens (primary N) is 1. The highest BCUT2D eigenvalue weighted by Gasteiger charge is 2.29. The number of hydrogen-bond donors (Lipinski definition) is 3. The molecule has 1 aromatic carbocycles. The van der Waals surface area contributed by atoms with Crippen molar-refractivity contribution in [1.29, 1.82) is 0 Å². The number of fused-ring (bicyclic) bond motifs is 2. The molecular formula is C15H13ClN6O3. The predicted octanol–water partition coefficient (Wildman–Crippen LogP) is 1.67. The Bertz CT molecular complexity index is 1020. The van der Waals surface area contributed by atoms with E-state index in [2.05, 4.69) is 15.3 Å². The van der Waals surface area contributed by atoms with Gasteiger partial charge in [0.05, 0.1) is 41.1 Å². The Hall–Kier alpha value is -3.07. The van der Waals surface area contributed by atoms with Crippen LogP contribution in [0.1, 0.15) is 16.1 Å². The lowest BCUT2D eigenvalue weighted by Gasteiger charge is -2.25. The first-order chi connectivity index (χ1) is 12.0. The highest BCUT2D eigenvalue weighted by molar-refractivity contribution is 6.35. The van der Waals surface area contributed by atoms with Crippen molar-refractivity contribution >= 4 is 34.5 Å². The fourth-order valence-corrected chi connectivity index (χ4v) is 3.36. The summed E-state index contributed by atoms with van der Waals surface area (Å²) in [5, 5.41) is 21.6. The summed E-state index contributed by atoms with van der Waals surface area (Å²) in [4.78, 5) is 24.5. The number of halogens is 1. The van der Waals surface area contributed by atoms with Crippen LogP contribution in [0.4, 0.5) is 4.79 Å². The first-order valence-corrected chi connectivity index (χ1v) is 7.84. The molecule has 0 unspecified atom stereocenters. The summed E-state index contributed by atoms with van der Waals surface area (Å²) in [5.74, 6) is -0.660. The summed E-state index contributed by atoms with van der Waals surface area (Å²) in [6.07, 6.45) is 0.573. The molecule has 1 aliphatic heterocycles. The van der Waals surface area contributed by atoms with E-state index < -0.39 is 12.0 Å². The number of hydrogen-bond acceptors (Lipinski definition) is 4. The molecule has 0 aliphatic carbocycles. The number of rotatable bonds is 2. The number of nitrogens with zero attached hydrogens (tertiary/aromatic N) is 4. The quantitative estimate of drug-likeness (QED) is 0.640. The zero-order chi connectivity index (χ0) is 17.7. The number of carbonyl (C=O) groups is 2. The van der Waals surface area contributed by atoms with Gasteiger partial charge < -0.3 is 15.7 Å². The van der Waals surface area contributed by atoms with E-state index in [-0.39, 0.29) is 12.1 Å². The monoisotopic (exact) mass is 360 g/mol. The van der Waals surface area contributed by atoms with Gasteiger partial charge in [-0.2, -0.15) is 10.2 Å². The molecule has 3 heterocycles. The van der Waals surface area contributed by atoms with Crippen molar-refractivity contribution in [3.05, 3.63) is 34.6 Å². The van der Waals surface area contributed by atoms with Gasteiger partial charge >= 0.3 is 6.09 Å². The van der Waals surface area contributed by atoms with Crippen LogP contribution in [0, 0.1) is 0 Å². The van der Waals surface area contributed by atoms with E-state index in [1.807, 2.05) is 0 Å². The summed E-state index contributed by atoms with van der Waals surface area (Å²) in [5.41, 5.74) is 7.96. The zero-order valence-electron chi connectivity index (χ0n) is 12.9. The number of aromatic nitrogens is 4. The summed E-state index contributed by atoms with van der Waals surface area (Å²) in [6, 6.07) is 3.48. The van der Waals surface area contributed by atoms with Gasteiger partial charge in [0.15, 0.2) is 0 Å². The van der Waals surface area contributed by atoms with E-state index >= 15 is 0 Å². The van der Waals surface area contributed by atoms with Crippen molar-refractivity contribution in [2.75, 3.05) is 6.54 Å². The number of primary amides is 1. The third kappa shape index (κ3) is 2.40. The summed E-state index contributed by atoms with van der Waals surface area (Å²) >= 11 is 6.27. The molecule has 0 bridgehead atoms. The molecule has 3 aromatic rings. The van der Waals surface area contributed by atoms with Crippen molar-refractivity contribution in [3.63, 3.8) is 0 Å². The van der Waals surface area contributed by atoms with Crippen LogP contribution in [0.2, 0.25) is 5.02 Å². The second-order valence-electron chi connectivity index (χ2n) is 5.75. The fourth-order valence-electron chi connectivity index (χ4n) is 3.09. The molecule has 0 saturated heterocycles. The van der Waals surface area contributed by atoms with Crippen molar-refractivity contribution in [2.24, 2.45) is 5.73 Å². The van der Waals surface area contributed by atoms with Gasteiger partial charge in [-0.1, -0.05) is 11.6 Å². The molecule has 128 valence electrons. The minimum Gasteiger partial charge on any atom is -0.465 e. The maximum Gasteiger partial charge on any atom is 0.407 e. The Morgan fingerprint density at radius 3 is 2.84 bits per heavy atom. The van der Waals surface area contributed by atoms with Crippen LogP contribution in [0.25, 0.3) is 22.2 Å². The highest BCUT2D eigenvalue weighted by Crippen LogP contribution is 2.33. The maximum absolute atomic E-state index is 12.1. The maximum atomic E-state index is 12.1. The number of aromatic amines is 1.